The van der Waals surface area contributed by atoms with Gasteiger partial charge < -0.3 is 15.6 Å². The van der Waals surface area contributed by atoms with Gasteiger partial charge in [0, 0.05) is 37.1 Å². The van der Waals surface area contributed by atoms with Gasteiger partial charge in [0.25, 0.3) is 0 Å². The van der Waals surface area contributed by atoms with E-state index in [-0.39, 0.29) is 6.04 Å². The number of piperidine rings is 1. The van der Waals surface area contributed by atoms with Crippen LogP contribution in [0, 0.1) is 13.8 Å². The molecule has 152 valence electrons. The van der Waals surface area contributed by atoms with Crippen molar-refractivity contribution in [1.82, 2.24) is 15.0 Å². The Balaban J connectivity index is 1.71. The van der Waals surface area contributed by atoms with Crippen molar-refractivity contribution in [3.63, 3.8) is 0 Å². The van der Waals surface area contributed by atoms with Crippen LogP contribution >= 0.6 is 0 Å². The molecule has 1 aliphatic heterocycles. The predicted molar refractivity (Wildman–Crippen MR) is 124 cm³/mol. The summed E-state index contributed by atoms with van der Waals surface area (Å²) in [5.41, 5.74) is 15.2. The predicted octanol–water partition coefficient (Wildman–Crippen LogP) is 4.84. The fourth-order valence-electron chi connectivity index (χ4n) is 4.42. The molecule has 0 spiro atoms. The van der Waals surface area contributed by atoms with Crippen molar-refractivity contribution in [3.05, 3.63) is 66.0 Å². The van der Waals surface area contributed by atoms with E-state index in [0.29, 0.717) is 0 Å². The summed E-state index contributed by atoms with van der Waals surface area (Å²) in [5.74, 6) is 0.867. The van der Waals surface area contributed by atoms with E-state index in [1.54, 1.807) is 0 Å². The molecule has 0 atom stereocenters. The van der Waals surface area contributed by atoms with Crippen molar-refractivity contribution in [2.45, 2.75) is 32.7 Å². The van der Waals surface area contributed by atoms with E-state index in [4.69, 9.17) is 10.7 Å². The van der Waals surface area contributed by atoms with E-state index >= 15 is 0 Å². The van der Waals surface area contributed by atoms with Gasteiger partial charge in [-0.25, -0.2) is 4.98 Å². The maximum absolute atomic E-state index is 6.20. The molecule has 1 fully saturated rings. The molecule has 0 radical (unpaired) electrons. The number of H-pyrrole nitrogens is 1. The van der Waals surface area contributed by atoms with Crippen LogP contribution in [0.3, 0.4) is 0 Å². The molecule has 1 aliphatic rings. The summed E-state index contributed by atoms with van der Waals surface area (Å²) in [7, 11) is 0. The summed E-state index contributed by atoms with van der Waals surface area (Å²) in [6.07, 6.45) is 5.91. The van der Waals surface area contributed by atoms with Gasteiger partial charge in [0.05, 0.1) is 22.3 Å². The van der Waals surface area contributed by atoms with E-state index in [0.717, 1.165) is 53.9 Å². The number of imidazole rings is 1. The Morgan fingerprint density at radius 2 is 1.77 bits per heavy atom. The van der Waals surface area contributed by atoms with Crippen molar-refractivity contribution in [1.29, 1.82) is 0 Å². The zero-order valence-corrected chi connectivity index (χ0v) is 17.5. The van der Waals surface area contributed by atoms with Crippen molar-refractivity contribution in [3.8, 4) is 22.5 Å². The van der Waals surface area contributed by atoms with Crippen LogP contribution in [-0.2, 0) is 0 Å². The number of hydrogen-bond donors (Lipinski definition) is 2. The zero-order valence-electron chi connectivity index (χ0n) is 17.5. The summed E-state index contributed by atoms with van der Waals surface area (Å²) in [5, 5.41) is 0. The quantitative estimate of drug-likeness (QED) is 0.519. The van der Waals surface area contributed by atoms with Crippen molar-refractivity contribution in [2.75, 3.05) is 18.0 Å². The van der Waals surface area contributed by atoms with Gasteiger partial charge in [-0.2, -0.15) is 0 Å². The van der Waals surface area contributed by atoms with Gasteiger partial charge in [-0.15, -0.1) is 0 Å². The number of nitrogens with zero attached hydrogens (tertiary/aromatic N) is 3. The molecular formula is C25H27N5. The molecule has 30 heavy (non-hydrogen) atoms. The number of aromatic amines is 1. The summed E-state index contributed by atoms with van der Waals surface area (Å²) < 4.78 is 0. The van der Waals surface area contributed by atoms with Crippen LogP contribution < -0.4 is 10.6 Å². The van der Waals surface area contributed by atoms with E-state index in [2.05, 4.69) is 71.2 Å². The number of rotatable bonds is 3. The SMILES string of the molecule is Cc1cccc(-c2cncc(-c3nc4c(C)cccc4[nH]3)c2N2CCC(N)CC2)c1. The number of pyridine rings is 1. The molecule has 4 aromatic rings. The highest BCUT2D eigenvalue weighted by atomic mass is 15.2. The maximum atomic E-state index is 6.20. The van der Waals surface area contributed by atoms with Crippen LogP contribution in [0.25, 0.3) is 33.5 Å². The largest absolute Gasteiger partial charge is 0.370 e. The first kappa shape index (κ1) is 18.8. The average molecular weight is 398 g/mol. The van der Waals surface area contributed by atoms with E-state index in [1.165, 1.54) is 22.4 Å². The Labute approximate surface area is 177 Å². The molecule has 0 unspecified atom stereocenters. The molecule has 0 saturated carbocycles. The van der Waals surface area contributed by atoms with Gasteiger partial charge in [-0.3, -0.25) is 4.98 Å². The smallest absolute Gasteiger partial charge is 0.142 e. The maximum Gasteiger partial charge on any atom is 0.142 e. The van der Waals surface area contributed by atoms with Crippen molar-refractivity contribution in [2.24, 2.45) is 5.73 Å². The number of para-hydroxylation sites is 1. The van der Waals surface area contributed by atoms with Crippen LogP contribution in [0.4, 0.5) is 5.69 Å². The highest BCUT2D eigenvalue weighted by molar-refractivity contribution is 5.91. The lowest BCUT2D eigenvalue weighted by molar-refractivity contribution is 0.501. The van der Waals surface area contributed by atoms with Crippen LogP contribution in [0.2, 0.25) is 0 Å². The number of benzene rings is 2. The molecule has 0 bridgehead atoms. The Hall–Kier alpha value is -3.18. The molecule has 2 aromatic carbocycles. The number of aromatic nitrogens is 3. The summed E-state index contributed by atoms with van der Waals surface area (Å²) in [6.45, 7) is 6.11. The number of aryl methyl sites for hydroxylation is 2. The summed E-state index contributed by atoms with van der Waals surface area (Å²) >= 11 is 0. The summed E-state index contributed by atoms with van der Waals surface area (Å²) in [6, 6.07) is 15.1. The molecule has 2 aromatic heterocycles. The monoisotopic (exact) mass is 397 g/mol. The molecule has 5 heteroatoms. The van der Waals surface area contributed by atoms with Crippen molar-refractivity contribution >= 4 is 16.7 Å². The highest BCUT2D eigenvalue weighted by Crippen LogP contribution is 2.39. The first-order valence-corrected chi connectivity index (χ1v) is 10.6. The van der Waals surface area contributed by atoms with Crippen LogP contribution in [0.15, 0.2) is 54.9 Å². The standard InChI is InChI=1S/C25H27N5/c1-16-5-3-7-18(13-16)20-14-27-15-21(24(20)30-11-9-19(26)10-12-30)25-28-22-8-4-6-17(2)23(22)29-25/h3-8,13-15,19H,9-12,26H2,1-2H3,(H,28,29). The van der Waals surface area contributed by atoms with Gasteiger partial charge in [0.15, 0.2) is 0 Å². The van der Waals surface area contributed by atoms with Crippen LogP contribution in [0.5, 0.6) is 0 Å². The molecule has 5 nitrogen and oxygen atoms in total. The second kappa shape index (κ2) is 7.58. The molecule has 3 N–H and O–H groups in total. The van der Waals surface area contributed by atoms with Crippen LogP contribution in [0.1, 0.15) is 24.0 Å². The molecule has 0 amide bonds. The van der Waals surface area contributed by atoms with Gasteiger partial charge >= 0.3 is 0 Å². The Kier molecular flexibility index (Phi) is 4.75. The van der Waals surface area contributed by atoms with Gasteiger partial charge in [-0.1, -0.05) is 42.0 Å². The second-order valence-electron chi connectivity index (χ2n) is 8.33. The number of anilines is 1. The lowest BCUT2D eigenvalue weighted by atomic mass is 9.97. The minimum absolute atomic E-state index is 0.280. The number of nitrogens with one attached hydrogen (secondary N) is 1. The fraction of sp³-hybridized carbons (Fsp3) is 0.280. The Morgan fingerprint density at radius 1 is 1.00 bits per heavy atom. The third-order valence-electron chi connectivity index (χ3n) is 6.07. The normalized spacial score (nSPS) is 15.1. The van der Waals surface area contributed by atoms with Crippen molar-refractivity contribution < 1.29 is 0 Å². The molecule has 0 aliphatic carbocycles. The second-order valence-corrected chi connectivity index (χ2v) is 8.33. The lowest BCUT2D eigenvalue weighted by Gasteiger charge is -2.34. The minimum Gasteiger partial charge on any atom is -0.370 e. The first-order chi connectivity index (χ1) is 14.6. The number of fused-ring (bicyclic) bond motifs is 1. The average Bonchev–Trinajstić information content (AvgIpc) is 3.20. The minimum atomic E-state index is 0.280. The number of nitrogens with two attached hydrogens (primary N) is 1. The Morgan fingerprint density at radius 3 is 2.53 bits per heavy atom. The third-order valence-corrected chi connectivity index (χ3v) is 6.07. The van der Waals surface area contributed by atoms with E-state index in [1.807, 2.05) is 12.4 Å². The topological polar surface area (TPSA) is 70.8 Å². The third kappa shape index (κ3) is 3.35. The van der Waals surface area contributed by atoms with Gasteiger partial charge in [-0.05, 0) is 43.9 Å². The Bertz CT molecular complexity index is 1200. The van der Waals surface area contributed by atoms with Crippen LogP contribution in [-0.4, -0.2) is 34.1 Å². The molecule has 5 rings (SSSR count). The first-order valence-electron chi connectivity index (χ1n) is 10.6. The van der Waals surface area contributed by atoms with E-state index in [9.17, 15) is 0 Å². The lowest BCUT2D eigenvalue weighted by Crippen LogP contribution is -2.40. The van der Waals surface area contributed by atoms with E-state index < -0.39 is 0 Å². The van der Waals surface area contributed by atoms with Gasteiger partial charge in [0.1, 0.15) is 5.82 Å². The highest BCUT2D eigenvalue weighted by Gasteiger charge is 2.24. The molecule has 1 saturated heterocycles. The number of hydrogen-bond acceptors (Lipinski definition) is 4. The zero-order chi connectivity index (χ0) is 20.7. The molecular weight excluding hydrogens is 370 g/mol. The fourth-order valence-corrected chi connectivity index (χ4v) is 4.42. The molecule has 3 heterocycles. The van der Waals surface area contributed by atoms with Gasteiger partial charge in [0.2, 0.25) is 0 Å². The summed E-state index contributed by atoms with van der Waals surface area (Å²) in [4.78, 5) is 15.6.